The molecule has 0 saturated carbocycles. The number of carbonyl (C=O) groups is 1. The maximum atomic E-state index is 12.6. The van der Waals surface area contributed by atoms with E-state index in [1.165, 1.54) is 12.6 Å². The van der Waals surface area contributed by atoms with Crippen molar-refractivity contribution in [1.29, 1.82) is 0 Å². The number of rotatable bonds is 4. The lowest BCUT2D eigenvalue weighted by atomic mass is 10.1. The zero-order chi connectivity index (χ0) is 17.1. The van der Waals surface area contributed by atoms with Crippen molar-refractivity contribution in [2.45, 2.75) is 25.4 Å². The van der Waals surface area contributed by atoms with E-state index in [4.69, 9.17) is 14.1 Å². The molecule has 2 fully saturated rings. The van der Waals surface area contributed by atoms with Gasteiger partial charge in [0.05, 0.1) is 36.8 Å². The Kier molecular flexibility index (Phi) is 4.76. The van der Waals surface area contributed by atoms with Crippen LogP contribution < -0.4 is 0 Å². The van der Waals surface area contributed by atoms with Crippen molar-refractivity contribution in [3.8, 4) is 0 Å². The predicted octanol–water partition coefficient (Wildman–Crippen LogP) is 1.88. The normalized spacial score (nSPS) is 21.6. The molecule has 0 aliphatic carbocycles. The molecule has 132 valence electrons. The third-order valence-corrected chi connectivity index (χ3v) is 4.82. The Morgan fingerprint density at radius 3 is 2.92 bits per heavy atom. The molecule has 0 N–H and O–H groups in total. The fourth-order valence-electron chi connectivity index (χ4n) is 3.54. The second-order valence-corrected chi connectivity index (χ2v) is 6.46. The fraction of sp³-hybridized carbons (Fsp3) is 0.500. The Morgan fingerprint density at radius 2 is 2.12 bits per heavy atom. The Labute approximate surface area is 146 Å². The van der Waals surface area contributed by atoms with Crippen LogP contribution in [-0.4, -0.2) is 58.5 Å². The van der Waals surface area contributed by atoms with Gasteiger partial charge in [0.25, 0.3) is 5.91 Å². The highest BCUT2D eigenvalue weighted by atomic mass is 16.5. The van der Waals surface area contributed by atoms with E-state index < -0.39 is 0 Å². The first-order valence-corrected chi connectivity index (χ1v) is 8.76. The number of hydrogen-bond acceptors (Lipinski definition) is 6. The minimum atomic E-state index is -0.111. The van der Waals surface area contributed by atoms with Crippen LogP contribution in [0, 0.1) is 0 Å². The van der Waals surface area contributed by atoms with Crippen molar-refractivity contribution >= 4 is 5.91 Å². The quantitative estimate of drug-likeness (QED) is 0.845. The van der Waals surface area contributed by atoms with Gasteiger partial charge in [0.15, 0.2) is 6.39 Å². The predicted molar refractivity (Wildman–Crippen MR) is 89.8 cm³/mol. The summed E-state index contributed by atoms with van der Waals surface area (Å²) in [6.45, 7) is 4.97. The summed E-state index contributed by atoms with van der Waals surface area (Å²) >= 11 is 0. The minimum Gasteiger partial charge on any atom is -0.438 e. The SMILES string of the molecule is O=C(c1cnco1)N1CCC[C@@H]1c1cccc(CN2CCOCC2)n1. The van der Waals surface area contributed by atoms with Crippen LogP contribution in [0.15, 0.2) is 35.2 Å². The molecule has 0 bridgehead atoms. The molecular formula is C18H22N4O3. The van der Waals surface area contributed by atoms with Gasteiger partial charge in [-0.3, -0.25) is 14.7 Å². The number of carbonyl (C=O) groups excluding carboxylic acids is 1. The second kappa shape index (κ2) is 7.33. The van der Waals surface area contributed by atoms with E-state index in [2.05, 4.69) is 16.0 Å². The lowest BCUT2D eigenvalue weighted by Gasteiger charge is -2.27. The van der Waals surface area contributed by atoms with Crippen LogP contribution >= 0.6 is 0 Å². The number of nitrogens with zero attached hydrogens (tertiary/aromatic N) is 4. The molecule has 2 aliphatic heterocycles. The summed E-state index contributed by atoms with van der Waals surface area (Å²) < 4.78 is 10.6. The first-order valence-electron chi connectivity index (χ1n) is 8.76. The van der Waals surface area contributed by atoms with E-state index in [1.54, 1.807) is 0 Å². The monoisotopic (exact) mass is 342 g/mol. The Morgan fingerprint density at radius 1 is 1.24 bits per heavy atom. The summed E-state index contributed by atoms with van der Waals surface area (Å²) in [5.74, 6) is 0.178. The molecule has 2 aliphatic rings. The lowest BCUT2D eigenvalue weighted by molar-refractivity contribution is 0.0336. The summed E-state index contributed by atoms with van der Waals surface area (Å²) in [5, 5.41) is 0. The summed E-state index contributed by atoms with van der Waals surface area (Å²) in [7, 11) is 0. The van der Waals surface area contributed by atoms with Gasteiger partial charge in [0.1, 0.15) is 0 Å². The van der Waals surface area contributed by atoms with Gasteiger partial charge in [-0.1, -0.05) is 6.07 Å². The second-order valence-electron chi connectivity index (χ2n) is 6.46. The summed E-state index contributed by atoms with van der Waals surface area (Å²) in [5.41, 5.74) is 1.99. The van der Waals surface area contributed by atoms with Crippen molar-refractivity contribution in [2.24, 2.45) is 0 Å². The average molecular weight is 342 g/mol. The smallest absolute Gasteiger partial charge is 0.291 e. The zero-order valence-electron chi connectivity index (χ0n) is 14.1. The first kappa shape index (κ1) is 16.2. The standard InChI is InChI=1S/C18H22N4O3/c23-18(17-11-19-13-25-17)22-6-2-5-16(22)15-4-1-3-14(20-15)12-21-7-9-24-10-8-21/h1,3-4,11,13,16H,2,5-10,12H2/t16-/m1/s1. The zero-order valence-corrected chi connectivity index (χ0v) is 14.1. The number of morpholine rings is 1. The van der Waals surface area contributed by atoms with E-state index in [0.29, 0.717) is 0 Å². The molecule has 0 aromatic carbocycles. The van der Waals surface area contributed by atoms with Gasteiger partial charge < -0.3 is 14.1 Å². The lowest BCUT2D eigenvalue weighted by Crippen LogP contribution is -2.36. The highest BCUT2D eigenvalue weighted by Crippen LogP contribution is 2.32. The van der Waals surface area contributed by atoms with Crippen LogP contribution in [0.1, 0.15) is 40.8 Å². The van der Waals surface area contributed by atoms with Crippen molar-refractivity contribution in [1.82, 2.24) is 19.8 Å². The highest BCUT2D eigenvalue weighted by molar-refractivity contribution is 5.91. The van der Waals surface area contributed by atoms with E-state index in [-0.39, 0.29) is 17.7 Å². The Hall–Kier alpha value is -2.25. The molecule has 7 heteroatoms. The van der Waals surface area contributed by atoms with Gasteiger partial charge in [0.2, 0.25) is 5.76 Å². The molecule has 0 spiro atoms. The number of aromatic nitrogens is 2. The minimum absolute atomic E-state index is 0.00207. The molecule has 2 aromatic heterocycles. The van der Waals surface area contributed by atoms with Crippen LogP contribution in [0.2, 0.25) is 0 Å². The van der Waals surface area contributed by atoms with Gasteiger partial charge in [-0.25, -0.2) is 4.98 Å². The van der Waals surface area contributed by atoms with Crippen LogP contribution in [0.3, 0.4) is 0 Å². The van der Waals surface area contributed by atoms with Gasteiger partial charge >= 0.3 is 0 Å². The number of amides is 1. The third-order valence-electron chi connectivity index (χ3n) is 4.82. The van der Waals surface area contributed by atoms with Gasteiger partial charge in [-0.05, 0) is 25.0 Å². The van der Waals surface area contributed by atoms with Crippen molar-refractivity contribution in [3.63, 3.8) is 0 Å². The molecular weight excluding hydrogens is 320 g/mol. The average Bonchev–Trinajstić information content (AvgIpc) is 3.34. The van der Waals surface area contributed by atoms with E-state index in [9.17, 15) is 4.79 Å². The molecule has 1 amide bonds. The molecule has 25 heavy (non-hydrogen) atoms. The van der Waals surface area contributed by atoms with Crippen molar-refractivity contribution < 1.29 is 13.9 Å². The number of hydrogen-bond donors (Lipinski definition) is 0. The molecule has 2 aromatic rings. The maximum absolute atomic E-state index is 12.6. The molecule has 1 atom stereocenters. The molecule has 4 heterocycles. The summed E-state index contributed by atoms with van der Waals surface area (Å²) in [6, 6.07) is 6.10. The molecule has 4 rings (SSSR count). The first-order chi connectivity index (χ1) is 12.3. The van der Waals surface area contributed by atoms with Crippen LogP contribution in [0.25, 0.3) is 0 Å². The van der Waals surface area contributed by atoms with Crippen LogP contribution in [0.5, 0.6) is 0 Å². The largest absolute Gasteiger partial charge is 0.438 e. The van der Waals surface area contributed by atoms with Gasteiger partial charge in [-0.15, -0.1) is 0 Å². The number of likely N-dealkylation sites (tertiary alicyclic amines) is 1. The van der Waals surface area contributed by atoms with Gasteiger partial charge in [0, 0.05) is 26.2 Å². The van der Waals surface area contributed by atoms with E-state index in [0.717, 1.165) is 63.6 Å². The fourth-order valence-corrected chi connectivity index (χ4v) is 3.54. The third kappa shape index (κ3) is 3.57. The Balaban J connectivity index is 1.50. The van der Waals surface area contributed by atoms with Crippen molar-refractivity contribution in [2.75, 3.05) is 32.8 Å². The van der Waals surface area contributed by atoms with E-state index >= 15 is 0 Å². The maximum Gasteiger partial charge on any atom is 0.291 e. The van der Waals surface area contributed by atoms with E-state index in [1.807, 2.05) is 17.0 Å². The summed E-state index contributed by atoms with van der Waals surface area (Å²) in [6.07, 6.45) is 4.66. The molecule has 2 saturated heterocycles. The number of ether oxygens (including phenoxy) is 1. The van der Waals surface area contributed by atoms with Gasteiger partial charge in [-0.2, -0.15) is 0 Å². The number of pyridine rings is 1. The molecule has 0 unspecified atom stereocenters. The Bertz CT molecular complexity index is 713. The topological polar surface area (TPSA) is 71.7 Å². The highest BCUT2D eigenvalue weighted by Gasteiger charge is 2.33. The van der Waals surface area contributed by atoms with Crippen LogP contribution in [0.4, 0.5) is 0 Å². The molecule has 7 nitrogen and oxygen atoms in total. The van der Waals surface area contributed by atoms with Crippen LogP contribution in [-0.2, 0) is 11.3 Å². The number of oxazole rings is 1. The summed E-state index contributed by atoms with van der Waals surface area (Å²) in [4.78, 5) is 25.5. The van der Waals surface area contributed by atoms with Crippen molar-refractivity contribution in [3.05, 3.63) is 47.9 Å². The molecule has 0 radical (unpaired) electrons.